The molecular weight excluding hydrogens is 100 g/mol. The summed E-state index contributed by atoms with van der Waals surface area (Å²) in [5, 5.41) is 0. The van der Waals surface area contributed by atoms with Gasteiger partial charge in [0.15, 0.2) is 0 Å². The molecule has 0 amide bonds. The van der Waals surface area contributed by atoms with Crippen LogP contribution in [0.25, 0.3) is 0 Å². The zero-order valence-corrected chi connectivity index (χ0v) is 4.66. The van der Waals surface area contributed by atoms with Crippen molar-refractivity contribution in [3.63, 3.8) is 0 Å². The van der Waals surface area contributed by atoms with Gasteiger partial charge in [0.05, 0.1) is 0 Å². The van der Waals surface area contributed by atoms with Gasteiger partial charge in [-0.1, -0.05) is 0 Å². The second-order valence-corrected chi connectivity index (χ2v) is 2.23. The van der Waals surface area contributed by atoms with E-state index < -0.39 is 0 Å². The maximum atomic E-state index is 4.55. The molecule has 0 bridgehead atoms. The number of hydrogen-bond donors (Lipinski definition) is 0. The van der Waals surface area contributed by atoms with Crippen LogP contribution in [0.2, 0.25) is 0 Å². The van der Waals surface area contributed by atoms with Crippen molar-refractivity contribution < 1.29 is 0 Å². The topological polar surface area (TPSA) is 0 Å². The summed E-state index contributed by atoms with van der Waals surface area (Å²) in [5.41, 5.74) is 0. The Hall–Kier alpha value is 0.310. The van der Waals surface area contributed by atoms with E-state index >= 15 is 0 Å². The highest BCUT2D eigenvalue weighted by Crippen LogP contribution is 2.02. The summed E-state index contributed by atoms with van der Waals surface area (Å²) < 4.78 is 0.755. The Morgan fingerprint density at radius 3 is 2.20 bits per heavy atom. The molecule has 5 heavy (non-hydrogen) atoms. The summed E-state index contributed by atoms with van der Waals surface area (Å²) in [6, 6.07) is 0. The normalized spacial score (nSPS) is 7.40. The van der Waals surface area contributed by atoms with Gasteiger partial charge >= 0.3 is 0 Å². The van der Waals surface area contributed by atoms with Crippen LogP contribution in [-0.4, -0.2) is 6.26 Å². The molecule has 0 aromatic rings. The summed E-state index contributed by atoms with van der Waals surface area (Å²) in [4.78, 5) is 0. The Labute approximate surface area is 42.1 Å². The highest BCUT2D eigenvalue weighted by Gasteiger charge is 1.54. The van der Waals surface area contributed by atoms with Crippen LogP contribution in [0.4, 0.5) is 0 Å². The van der Waals surface area contributed by atoms with Crippen LogP contribution in [0.1, 0.15) is 0 Å². The Bertz CT molecular complexity index is 40.2. The van der Waals surface area contributed by atoms with Crippen molar-refractivity contribution >= 4 is 24.4 Å². The van der Waals surface area contributed by atoms with E-state index in [0.29, 0.717) is 0 Å². The molecule has 0 fully saturated rings. The Morgan fingerprint density at radius 1 is 2.00 bits per heavy atom. The van der Waals surface area contributed by atoms with Gasteiger partial charge in [0.1, 0.15) is 0 Å². The Kier molecular flexibility index (Phi) is 2.70. The van der Waals surface area contributed by atoms with Crippen LogP contribution in [0.15, 0.2) is 10.8 Å². The standard InChI is InChI=1S/C3H6S2/c1-3(4)5-2/h4H,1H2,2H3/p-1. The van der Waals surface area contributed by atoms with Crippen molar-refractivity contribution in [2.24, 2.45) is 0 Å². The highest BCUT2D eigenvalue weighted by molar-refractivity contribution is 8.10. The lowest BCUT2D eigenvalue weighted by molar-refractivity contribution is 2.41. The van der Waals surface area contributed by atoms with E-state index in [4.69, 9.17) is 0 Å². The zero-order valence-electron chi connectivity index (χ0n) is 3.02. The molecule has 0 radical (unpaired) electrons. The molecule has 0 nitrogen and oxygen atoms in total. The van der Waals surface area contributed by atoms with Gasteiger partial charge in [-0.25, -0.2) is 0 Å². The molecule has 0 saturated heterocycles. The third-order valence-corrected chi connectivity index (χ3v) is 1.18. The first-order chi connectivity index (χ1) is 2.27. The Morgan fingerprint density at radius 2 is 2.20 bits per heavy atom. The highest BCUT2D eigenvalue weighted by atomic mass is 32.2. The van der Waals surface area contributed by atoms with Gasteiger partial charge in [-0.15, -0.1) is 10.8 Å². The summed E-state index contributed by atoms with van der Waals surface area (Å²) in [5.74, 6) is 0. The average Bonchev–Trinajstić information content (AvgIpc) is 1.38. The van der Waals surface area contributed by atoms with Gasteiger partial charge in [0, 0.05) is 0 Å². The second kappa shape index (κ2) is 2.54. The van der Waals surface area contributed by atoms with Crippen LogP contribution in [0, 0.1) is 0 Å². The third-order valence-electron chi connectivity index (χ3n) is 0.228. The minimum absolute atomic E-state index is 0.755. The van der Waals surface area contributed by atoms with E-state index in [9.17, 15) is 0 Å². The SMILES string of the molecule is C=C([S-])SC. The van der Waals surface area contributed by atoms with Crippen LogP contribution in [-0.2, 0) is 12.6 Å². The Balaban J connectivity index is 2.85. The number of rotatable bonds is 1. The quantitative estimate of drug-likeness (QED) is 0.462. The summed E-state index contributed by atoms with van der Waals surface area (Å²) in [6.07, 6.45) is 1.91. The van der Waals surface area contributed by atoms with Crippen molar-refractivity contribution in [1.82, 2.24) is 0 Å². The molecule has 0 atom stereocenters. The monoisotopic (exact) mass is 105 g/mol. The smallest absolute Gasteiger partial charge is 0.0157 e. The molecule has 0 heterocycles. The van der Waals surface area contributed by atoms with E-state index in [-0.39, 0.29) is 0 Å². The van der Waals surface area contributed by atoms with Crippen LogP contribution in [0.5, 0.6) is 0 Å². The fourth-order valence-corrected chi connectivity index (χ4v) is 0. The molecule has 2 heteroatoms. The minimum Gasteiger partial charge on any atom is -0.774 e. The van der Waals surface area contributed by atoms with Crippen LogP contribution < -0.4 is 0 Å². The first-order valence-corrected chi connectivity index (χ1v) is 2.80. The minimum atomic E-state index is 0.755. The molecular formula is C3H5S2-. The first-order valence-electron chi connectivity index (χ1n) is 1.17. The third kappa shape index (κ3) is 4.31. The molecule has 0 spiro atoms. The van der Waals surface area contributed by atoms with Gasteiger partial charge < -0.3 is 12.6 Å². The fourth-order valence-electron chi connectivity index (χ4n) is 0. The van der Waals surface area contributed by atoms with Crippen molar-refractivity contribution in [3.8, 4) is 0 Å². The van der Waals surface area contributed by atoms with Crippen molar-refractivity contribution in [1.29, 1.82) is 0 Å². The van der Waals surface area contributed by atoms with E-state index in [1.165, 1.54) is 11.8 Å². The molecule has 0 N–H and O–H groups in total. The second-order valence-electron chi connectivity index (χ2n) is 0.576. The lowest BCUT2D eigenvalue weighted by Gasteiger charge is -1.99. The average molecular weight is 105 g/mol. The summed E-state index contributed by atoms with van der Waals surface area (Å²) in [6.45, 7) is 3.45. The first kappa shape index (κ1) is 5.31. The van der Waals surface area contributed by atoms with Crippen molar-refractivity contribution in [2.75, 3.05) is 6.26 Å². The summed E-state index contributed by atoms with van der Waals surface area (Å²) in [7, 11) is 0. The van der Waals surface area contributed by atoms with E-state index in [1.807, 2.05) is 6.26 Å². The van der Waals surface area contributed by atoms with E-state index in [2.05, 4.69) is 19.2 Å². The molecule has 30 valence electrons. The molecule has 0 aliphatic heterocycles. The van der Waals surface area contributed by atoms with Crippen LogP contribution in [0.3, 0.4) is 0 Å². The maximum absolute atomic E-state index is 4.55. The molecule has 0 aromatic carbocycles. The molecule has 0 saturated carbocycles. The largest absolute Gasteiger partial charge is 0.774 e. The zero-order chi connectivity index (χ0) is 4.28. The van der Waals surface area contributed by atoms with Gasteiger partial charge in [-0.3, -0.25) is 0 Å². The number of hydrogen-bond acceptors (Lipinski definition) is 2. The molecule has 0 rings (SSSR count). The van der Waals surface area contributed by atoms with Crippen molar-refractivity contribution in [2.45, 2.75) is 0 Å². The van der Waals surface area contributed by atoms with Gasteiger partial charge in [0.2, 0.25) is 0 Å². The summed E-state index contributed by atoms with van der Waals surface area (Å²) >= 11 is 6.05. The fraction of sp³-hybridized carbons (Fsp3) is 0.333. The number of thioether (sulfide) groups is 1. The predicted molar refractivity (Wildman–Crippen MR) is 30.0 cm³/mol. The van der Waals surface area contributed by atoms with E-state index in [0.717, 1.165) is 4.24 Å². The maximum Gasteiger partial charge on any atom is -0.0157 e. The molecule has 0 aromatic heterocycles. The van der Waals surface area contributed by atoms with E-state index in [1.54, 1.807) is 0 Å². The molecule has 0 unspecified atom stereocenters. The van der Waals surface area contributed by atoms with Gasteiger partial charge in [-0.05, 0) is 6.26 Å². The van der Waals surface area contributed by atoms with Crippen molar-refractivity contribution in [3.05, 3.63) is 10.8 Å². The van der Waals surface area contributed by atoms with Crippen LogP contribution >= 0.6 is 11.8 Å². The predicted octanol–water partition coefficient (Wildman–Crippen LogP) is 1.37. The molecule has 0 aliphatic carbocycles. The lowest BCUT2D eigenvalue weighted by atomic mass is 11.3. The molecule has 0 aliphatic rings. The van der Waals surface area contributed by atoms with Gasteiger partial charge in [0.25, 0.3) is 0 Å². The van der Waals surface area contributed by atoms with Gasteiger partial charge in [-0.2, -0.15) is 11.8 Å². The lowest BCUT2D eigenvalue weighted by Crippen LogP contribution is -1.52.